The minimum atomic E-state index is -4.53. The predicted octanol–water partition coefficient (Wildman–Crippen LogP) is 5.55. The van der Waals surface area contributed by atoms with E-state index in [2.05, 4.69) is 15.3 Å². The van der Waals surface area contributed by atoms with Gasteiger partial charge in [-0.2, -0.15) is 13.2 Å². The third-order valence-corrected chi connectivity index (χ3v) is 4.70. The number of oxazole rings is 1. The molecule has 3 aromatic rings. The molecule has 0 spiro atoms. The molecular formula is C21H18F3N3O3. The van der Waals surface area contributed by atoms with Crippen LogP contribution in [-0.2, 0) is 10.9 Å². The molecule has 0 amide bonds. The Balaban J connectivity index is 1.81. The molecule has 1 N–H and O–H groups in total. The van der Waals surface area contributed by atoms with E-state index in [9.17, 15) is 18.0 Å². The standard InChI is InChI=1S/C21H18F3N3O3/c1-2-29-20(28)18-19(30-11-26-18)14-8-7-13(21(22,23)24)10-16(14)27-15-4-3-9-25-17(15)12-5-6-12/h3-4,7-12,27H,2,5-6H2,1H3. The van der Waals surface area contributed by atoms with Crippen molar-refractivity contribution >= 4 is 17.3 Å². The number of alkyl halides is 3. The maximum Gasteiger partial charge on any atom is 0.416 e. The molecule has 2 heterocycles. The number of aromatic nitrogens is 2. The number of ether oxygens (including phenoxy) is 1. The molecule has 6 nitrogen and oxygen atoms in total. The smallest absolute Gasteiger partial charge is 0.416 e. The summed E-state index contributed by atoms with van der Waals surface area (Å²) in [5.41, 5.74) is 0.856. The Morgan fingerprint density at radius 1 is 1.23 bits per heavy atom. The maximum atomic E-state index is 13.4. The fraction of sp³-hybridized carbons (Fsp3) is 0.286. The average molecular weight is 417 g/mol. The van der Waals surface area contributed by atoms with Crippen LogP contribution in [0.15, 0.2) is 47.3 Å². The summed E-state index contributed by atoms with van der Waals surface area (Å²) in [7, 11) is 0. The van der Waals surface area contributed by atoms with Crippen molar-refractivity contribution in [3.8, 4) is 11.3 Å². The summed E-state index contributed by atoms with van der Waals surface area (Å²) < 4.78 is 50.4. The van der Waals surface area contributed by atoms with Gasteiger partial charge in [0.05, 0.1) is 29.2 Å². The first-order valence-corrected chi connectivity index (χ1v) is 9.42. The molecule has 1 aromatic carbocycles. The number of halogens is 3. The van der Waals surface area contributed by atoms with Crippen molar-refractivity contribution < 1.29 is 27.1 Å². The van der Waals surface area contributed by atoms with Crippen LogP contribution in [0.3, 0.4) is 0 Å². The van der Waals surface area contributed by atoms with Gasteiger partial charge in [0.15, 0.2) is 17.8 Å². The molecule has 2 aromatic heterocycles. The quantitative estimate of drug-likeness (QED) is 0.530. The Kier molecular flexibility index (Phi) is 5.19. The number of esters is 1. The van der Waals surface area contributed by atoms with Crippen molar-refractivity contribution in [3.05, 3.63) is 59.9 Å². The van der Waals surface area contributed by atoms with E-state index in [-0.39, 0.29) is 35.2 Å². The van der Waals surface area contributed by atoms with Crippen LogP contribution in [0.1, 0.15) is 47.4 Å². The van der Waals surface area contributed by atoms with E-state index in [4.69, 9.17) is 9.15 Å². The summed E-state index contributed by atoms with van der Waals surface area (Å²) in [5.74, 6) is -0.406. The third-order valence-electron chi connectivity index (χ3n) is 4.70. The molecule has 1 fully saturated rings. The normalized spacial score (nSPS) is 13.9. The Bertz CT molecular complexity index is 1070. The minimum Gasteiger partial charge on any atom is -0.461 e. The summed E-state index contributed by atoms with van der Waals surface area (Å²) >= 11 is 0. The highest BCUT2D eigenvalue weighted by Gasteiger charge is 2.33. The van der Waals surface area contributed by atoms with E-state index < -0.39 is 17.7 Å². The van der Waals surface area contributed by atoms with Gasteiger partial charge in [-0.1, -0.05) is 0 Å². The van der Waals surface area contributed by atoms with Gasteiger partial charge in [0, 0.05) is 17.7 Å². The van der Waals surface area contributed by atoms with Gasteiger partial charge in [0.2, 0.25) is 0 Å². The highest BCUT2D eigenvalue weighted by Crippen LogP contribution is 2.44. The van der Waals surface area contributed by atoms with Crippen LogP contribution in [0.25, 0.3) is 11.3 Å². The van der Waals surface area contributed by atoms with Crippen molar-refractivity contribution in [1.82, 2.24) is 9.97 Å². The molecule has 0 unspecified atom stereocenters. The minimum absolute atomic E-state index is 0.0292. The number of nitrogens with one attached hydrogen (secondary N) is 1. The van der Waals surface area contributed by atoms with E-state index in [0.29, 0.717) is 5.69 Å². The summed E-state index contributed by atoms with van der Waals surface area (Å²) in [6.45, 7) is 1.77. The zero-order valence-electron chi connectivity index (χ0n) is 16.0. The van der Waals surface area contributed by atoms with Gasteiger partial charge in [-0.15, -0.1) is 0 Å². The molecule has 0 saturated heterocycles. The molecule has 0 bridgehead atoms. The molecule has 0 radical (unpaired) electrons. The number of nitrogens with zero attached hydrogens (tertiary/aromatic N) is 2. The van der Waals surface area contributed by atoms with Crippen LogP contribution >= 0.6 is 0 Å². The lowest BCUT2D eigenvalue weighted by Gasteiger charge is -2.16. The average Bonchev–Trinajstić information content (AvgIpc) is 3.44. The second-order valence-electron chi connectivity index (χ2n) is 6.84. The number of anilines is 2. The molecule has 1 aliphatic rings. The molecule has 0 aliphatic heterocycles. The van der Waals surface area contributed by atoms with Gasteiger partial charge in [-0.3, -0.25) is 4.98 Å². The Morgan fingerprint density at radius 2 is 2.03 bits per heavy atom. The van der Waals surface area contributed by atoms with Gasteiger partial charge in [-0.25, -0.2) is 9.78 Å². The number of hydrogen-bond donors (Lipinski definition) is 1. The van der Waals surface area contributed by atoms with Crippen LogP contribution < -0.4 is 5.32 Å². The fourth-order valence-corrected chi connectivity index (χ4v) is 3.15. The van der Waals surface area contributed by atoms with Crippen LogP contribution in [-0.4, -0.2) is 22.5 Å². The molecular weight excluding hydrogens is 399 g/mol. The first kappa shape index (κ1) is 19.9. The van der Waals surface area contributed by atoms with Gasteiger partial charge < -0.3 is 14.5 Å². The first-order chi connectivity index (χ1) is 14.4. The summed E-state index contributed by atoms with van der Waals surface area (Å²) in [4.78, 5) is 20.5. The molecule has 9 heteroatoms. The summed E-state index contributed by atoms with van der Waals surface area (Å²) in [6.07, 6.45) is 0.144. The van der Waals surface area contributed by atoms with Crippen molar-refractivity contribution in [2.75, 3.05) is 11.9 Å². The number of hydrogen-bond acceptors (Lipinski definition) is 6. The van der Waals surface area contributed by atoms with Gasteiger partial charge in [0.25, 0.3) is 0 Å². The van der Waals surface area contributed by atoms with Crippen LogP contribution in [0.5, 0.6) is 0 Å². The lowest BCUT2D eigenvalue weighted by molar-refractivity contribution is -0.137. The van der Waals surface area contributed by atoms with Crippen molar-refractivity contribution in [1.29, 1.82) is 0 Å². The van der Waals surface area contributed by atoms with E-state index in [1.165, 1.54) is 6.07 Å². The molecule has 156 valence electrons. The van der Waals surface area contributed by atoms with Gasteiger partial charge in [-0.05, 0) is 50.1 Å². The largest absolute Gasteiger partial charge is 0.461 e. The summed E-state index contributed by atoms with van der Waals surface area (Å²) in [5, 5.41) is 3.06. The zero-order valence-corrected chi connectivity index (χ0v) is 16.0. The molecule has 1 saturated carbocycles. The van der Waals surface area contributed by atoms with Crippen LogP contribution in [0.4, 0.5) is 24.5 Å². The molecule has 1 aliphatic carbocycles. The van der Waals surface area contributed by atoms with Gasteiger partial charge >= 0.3 is 12.1 Å². The number of pyridine rings is 1. The third kappa shape index (κ3) is 4.00. The van der Waals surface area contributed by atoms with Crippen LogP contribution in [0.2, 0.25) is 0 Å². The second kappa shape index (κ2) is 7.81. The second-order valence-corrected chi connectivity index (χ2v) is 6.84. The molecule has 0 atom stereocenters. The highest BCUT2D eigenvalue weighted by molar-refractivity contribution is 5.96. The van der Waals surface area contributed by atoms with E-state index in [1.54, 1.807) is 25.3 Å². The monoisotopic (exact) mass is 417 g/mol. The van der Waals surface area contributed by atoms with E-state index in [1.807, 2.05) is 0 Å². The fourth-order valence-electron chi connectivity index (χ4n) is 3.15. The number of carbonyl (C=O) groups excluding carboxylic acids is 1. The lowest BCUT2D eigenvalue weighted by atomic mass is 10.0. The first-order valence-electron chi connectivity index (χ1n) is 9.42. The maximum absolute atomic E-state index is 13.4. The lowest BCUT2D eigenvalue weighted by Crippen LogP contribution is -2.09. The van der Waals surface area contributed by atoms with Crippen molar-refractivity contribution in [3.63, 3.8) is 0 Å². The number of rotatable bonds is 6. The molecule has 4 rings (SSSR count). The van der Waals surface area contributed by atoms with Gasteiger partial charge in [0.1, 0.15) is 0 Å². The Labute approximate surface area is 170 Å². The topological polar surface area (TPSA) is 77.2 Å². The molecule has 30 heavy (non-hydrogen) atoms. The van der Waals surface area contributed by atoms with Crippen LogP contribution in [0, 0.1) is 0 Å². The van der Waals surface area contributed by atoms with Crippen molar-refractivity contribution in [2.45, 2.75) is 31.9 Å². The SMILES string of the molecule is CCOC(=O)c1ncoc1-c1ccc(C(F)(F)F)cc1Nc1cccnc1C1CC1. The number of carbonyl (C=O) groups is 1. The van der Waals surface area contributed by atoms with E-state index in [0.717, 1.165) is 37.1 Å². The predicted molar refractivity (Wildman–Crippen MR) is 102 cm³/mol. The Morgan fingerprint density at radius 3 is 2.73 bits per heavy atom. The van der Waals surface area contributed by atoms with E-state index >= 15 is 0 Å². The number of benzene rings is 1. The Hall–Kier alpha value is -3.36. The zero-order chi connectivity index (χ0) is 21.3. The highest BCUT2D eigenvalue weighted by atomic mass is 19.4. The summed E-state index contributed by atoms with van der Waals surface area (Å²) in [6, 6.07) is 6.64. The van der Waals surface area contributed by atoms with Crippen molar-refractivity contribution in [2.24, 2.45) is 0 Å².